The number of rotatable bonds is 8. The number of nitrogens with zero attached hydrogens (tertiary/aromatic N) is 3. The second-order valence-electron chi connectivity index (χ2n) is 10.6. The van der Waals surface area contributed by atoms with Crippen molar-refractivity contribution in [2.75, 3.05) is 32.4 Å². The zero-order valence-electron chi connectivity index (χ0n) is 22.8. The molecule has 3 heterocycles. The monoisotopic (exact) mass is 530 g/mol. The van der Waals surface area contributed by atoms with Crippen molar-refractivity contribution in [3.05, 3.63) is 57.7 Å². The predicted octanol–water partition coefficient (Wildman–Crippen LogP) is 3.26. The molecule has 2 fully saturated rings. The molecule has 1 saturated heterocycles. The number of aromatic nitrogens is 2. The third kappa shape index (κ3) is 5.41. The summed E-state index contributed by atoms with van der Waals surface area (Å²) in [5, 5.41) is 6.03. The van der Waals surface area contributed by atoms with Gasteiger partial charge in [0.2, 0.25) is 11.3 Å². The van der Waals surface area contributed by atoms with Crippen LogP contribution >= 0.6 is 0 Å². The number of likely N-dealkylation sites (tertiary alicyclic amines) is 1. The van der Waals surface area contributed by atoms with E-state index in [2.05, 4.69) is 22.5 Å². The molecule has 3 aromatic rings. The topological polar surface area (TPSA) is 122 Å². The molecule has 2 amide bonds. The van der Waals surface area contributed by atoms with Gasteiger partial charge in [-0.25, -0.2) is 4.98 Å². The molecule has 4 N–H and O–H groups in total. The molecule has 1 aliphatic heterocycles. The number of amides is 2. The SMILES string of the molecule is CCN1CCCC1CNC(=O)Cc1ccc(-c2ccc3c(=O)c(C(=O)NC)c(N)n(C4CCCC4)c3n2)cc1. The highest BCUT2D eigenvalue weighted by Crippen LogP contribution is 2.35. The van der Waals surface area contributed by atoms with E-state index in [4.69, 9.17) is 10.7 Å². The zero-order valence-corrected chi connectivity index (χ0v) is 22.8. The van der Waals surface area contributed by atoms with Gasteiger partial charge < -0.3 is 20.9 Å². The van der Waals surface area contributed by atoms with Gasteiger partial charge in [0.25, 0.3) is 5.91 Å². The predicted molar refractivity (Wildman–Crippen MR) is 154 cm³/mol. The van der Waals surface area contributed by atoms with Gasteiger partial charge in [-0.1, -0.05) is 44.0 Å². The van der Waals surface area contributed by atoms with Crippen molar-refractivity contribution < 1.29 is 9.59 Å². The first-order valence-electron chi connectivity index (χ1n) is 14.1. The quantitative estimate of drug-likeness (QED) is 0.411. The van der Waals surface area contributed by atoms with Crippen LogP contribution in [0.5, 0.6) is 0 Å². The minimum atomic E-state index is -0.485. The number of carbonyl (C=O) groups excluding carboxylic acids is 2. The van der Waals surface area contributed by atoms with Crippen molar-refractivity contribution in [1.82, 2.24) is 25.1 Å². The first-order valence-corrected chi connectivity index (χ1v) is 14.1. The zero-order chi connectivity index (χ0) is 27.5. The van der Waals surface area contributed by atoms with Gasteiger partial charge in [0, 0.05) is 31.2 Å². The Kier molecular flexibility index (Phi) is 7.97. The number of carbonyl (C=O) groups is 2. The molecule has 206 valence electrons. The summed E-state index contributed by atoms with van der Waals surface area (Å²) < 4.78 is 1.89. The van der Waals surface area contributed by atoms with Gasteiger partial charge in [-0.2, -0.15) is 0 Å². The lowest BCUT2D eigenvalue weighted by molar-refractivity contribution is -0.120. The van der Waals surface area contributed by atoms with Gasteiger partial charge in [0.1, 0.15) is 17.0 Å². The minimum Gasteiger partial charge on any atom is -0.384 e. The normalized spacial score (nSPS) is 18.1. The first-order chi connectivity index (χ1) is 18.9. The molecular formula is C30H38N6O3. The van der Waals surface area contributed by atoms with Crippen LogP contribution in [-0.4, -0.2) is 59.0 Å². The molecule has 39 heavy (non-hydrogen) atoms. The number of pyridine rings is 2. The Balaban J connectivity index is 1.39. The van der Waals surface area contributed by atoms with Crippen molar-refractivity contribution in [2.24, 2.45) is 0 Å². The number of nitrogens with two attached hydrogens (primary N) is 1. The highest BCUT2D eigenvalue weighted by Gasteiger charge is 2.27. The number of nitrogens with one attached hydrogen (secondary N) is 2. The molecule has 0 radical (unpaired) electrons. The number of anilines is 1. The summed E-state index contributed by atoms with van der Waals surface area (Å²) in [5.41, 5.74) is 9.05. The van der Waals surface area contributed by atoms with Crippen LogP contribution in [-0.2, 0) is 11.2 Å². The summed E-state index contributed by atoms with van der Waals surface area (Å²) in [6, 6.07) is 11.9. The van der Waals surface area contributed by atoms with Gasteiger partial charge in [-0.3, -0.25) is 19.3 Å². The summed E-state index contributed by atoms with van der Waals surface area (Å²) >= 11 is 0. The lowest BCUT2D eigenvalue weighted by Crippen LogP contribution is -2.40. The lowest BCUT2D eigenvalue weighted by atomic mass is 10.0. The van der Waals surface area contributed by atoms with Crippen LogP contribution < -0.4 is 21.8 Å². The van der Waals surface area contributed by atoms with E-state index in [1.54, 1.807) is 12.1 Å². The van der Waals surface area contributed by atoms with E-state index in [0.717, 1.165) is 56.3 Å². The molecule has 2 aliphatic rings. The minimum absolute atomic E-state index is 0.0237. The second kappa shape index (κ2) is 11.6. The molecule has 9 nitrogen and oxygen atoms in total. The summed E-state index contributed by atoms with van der Waals surface area (Å²) in [4.78, 5) is 45.7. The van der Waals surface area contributed by atoms with Crippen LogP contribution in [0.25, 0.3) is 22.3 Å². The van der Waals surface area contributed by atoms with Gasteiger partial charge >= 0.3 is 0 Å². The molecule has 0 bridgehead atoms. The van der Waals surface area contributed by atoms with Crippen molar-refractivity contribution >= 4 is 28.7 Å². The van der Waals surface area contributed by atoms with Gasteiger partial charge in [0.05, 0.1) is 17.5 Å². The maximum absolute atomic E-state index is 13.2. The van der Waals surface area contributed by atoms with E-state index in [1.165, 1.54) is 13.5 Å². The van der Waals surface area contributed by atoms with Crippen LogP contribution in [0.4, 0.5) is 5.82 Å². The number of benzene rings is 1. The van der Waals surface area contributed by atoms with Crippen LogP contribution in [0, 0.1) is 0 Å². The maximum atomic E-state index is 13.2. The highest BCUT2D eigenvalue weighted by molar-refractivity contribution is 6.01. The third-order valence-corrected chi connectivity index (χ3v) is 8.29. The molecule has 5 rings (SSSR count). The van der Waals surface area contributed by atoms with Crippen molar-refractivity contribution in [2.45, 2.75) is 64.0 Å². The van der Waals surface area contributed by atoms with Crippen molar-refractivity contribution in [3.63, 3.8) is 0 Å². The number of fused-ring (bicyclic) bond motifs is 1. The Bertz CT molecular complexity index is 1430. The fourth-order valence-electron chi connectivity index (χ4n) is 6.15. The standard InChI is InChI=1S/C30H38N6O3/c1-3-35-16-6-9-22(35)18-33-25(37)17-19-10-12-20(13-11-19)24-15-14-23-27(38)26(30(39)32-2)28(31)36(29(23)34-24)21-7-4-5-8-21/h10-15,21-22H,3-9,16-18,31H2,1-2H3,(H,32,39)(H,33,37). The molecule has 2 aromatic heterocycles. The fourth-order valence-corrected chi connectivity index (χ4v) is 6.15. The third-order valence-electron chi connectivity index (χ3n) is 8.29. The largest absolute Gasteiger partial charge is 0.384 e. The average molecular weight is 531 g/mol. The van der Waals surface area contributed by atoms with Gasteiger partial charge in [-0.05, 0) is 56.5 Å². The maximum Gasteiger partial charge on any atom is 0.258 e. The number of hydrogen-bond acceptors (Lipinski definition) is 6. The van der Waals surface area contributed by atoms with Crippen LogP contribution in [0.3, 0.4) is 0 Å². The molecule has 1 saturated carbocycles. The Hall–Kier alpha value is -3.72. The second-order valence-corrected chi connectivity index (χ2v) is 10.6. The number of likely N-dealkylation sites (N-methyl/N-ethyl adjacent to an activating group) is 1. The Morgan fingerprint density at radius 1 is 1.05 bits per heavy atom. The number of hydrogen-bond donors (Lipinski definition) is 3. The van der Waals surface area contributed by atoms with Crippen molar-refractivity contribution in [1.29, 1.82) is 0 Å². The summed E-state index contributed by atoms with van der Waals surface area (Å²) in [6.45, 7) is 4.99. The molecule has 1 unspecified atom stereocenters. The number of nitrogen functional groups attached to an aromatic ring is 1. The van der Waals surface area contributed by atoms with E-state index in [1.807, 2.05) is 28.8 Å². The molecule has 1 aliphatic carbocycles. The van der Waals surface area contributed by atoms with Crippen LogP contribution in [0.1, 0.15) is 67.4 Å². The molecule has 1 aromatic carbocycles. The Morgan fingerprint density at radius 2 is 1.79 bits per heavy atom. The fraction of sp³-hybridized carbons (Fsp3) is 0.467. The molecule has 9 heteroatoms. The summed E-state index contributed by atoms with van der Waals surface area (Å²) in [5.74, 6) is -0.289. The average Bonchev–Trinajstić information content (AvgIpc) is 3.64. The molecular weight excluding hydrogens is 492 g/mol. The highest BCUT2D eigenvalue weighted by atomic mass is 16.2. The van der Waals surface area contributed by atoms with Crippen LogP contribution in [0.2, 0.25) is 0 Å². The Morgan fingerprint density at radius 3 is 2.49 bits per heavy atom. The van der Waals surface area contributed by atoms with E-state index in [0.29, 0.717) is 35.7 Å². The lowest BCUT2D eigenvalue weighted by Gasteiger charge is -2.22. The van der Waals surface area contributed by atoms with E-state index in [-0.39, 0.29) is 23.3 Å². The van der Waals surface area contributed by atoms with E-state index < -0.39 is 11.3 Å². The summed E-state index contributed by atoms with van der Waals surface area (Å²) in [7, 11) is 1.50. The smallest absolute Gasteiger partial charge is 0.258 e. The molecule has 1 atom stereocenters. The van der Waals surface area contributed by atoms with Gasteiger partial charge in [-0.15, -0.1) is 0 Å². The van der Waals surface area contributed by atoms with Crippen LogP contribution in [0.15, 0.2) is 41.2 Å². The van der Waals surface area contributed by atoms with Gasteiger partial charge in [0.15, 0.2) is 0 Å². The Labute approximate surface area is 228 Å². The van der Waals surface area contributed by atoms with Crippen molar-refractivity contribution in [3.8, 4) is 11.3 Å². The van der Waals surface area contributed by atoms with E-state index >= 15 is 0 Å². The molecule has 0 spiro atoms. The first kappa shape index (κ1) is 26.9. The van der Waals surface area contributed by atoms with E-state index in [9.17, 15) is 14.4 Å². The summed E-state index contributed by atoms with van der Waals surface area (Å²) in [6.07, 6.45) is 6.64.